The second kappa shape index (κ2) is 15.8. The van der Waals surface area contributed by atoms with Gasteiger partial charge in [0, 0.05) is 53.5 Å². The molecule has 1 aromatic carbocycles. The van der Waals surface area contributed by atoms with Crippen LogP contribution in [0.1, 0.15) is 30.4 Å². The van der Waals surface area contributed by atoms with Crippen molar-refractivity contribution in [2.24, 2.45) is 4.99 Å². The maximum absolute atomic E-state index is 9.61. The van der Waals surface area contributed by atoms with E-state index in [0.717, 1.165) is 57.9 Å². The lowest BCUT2D eigenvalue weighted by Gasteiger charge is -2.29. The van der Waals surface area contributed by atoms with Crippen LogP contribution in [0.2, 0.25) is 0 Å². The van der Waals surface area contributed by atoms with Crippen molar-refractivity contribution in [1.29, 1.82) is 0 Å². The molecule has 7 nitrogen and oxygen atoms in total. The van der Waals surface area contributed by atoms with E-state index in [4.69, 9.17) is 9.47 Å². The maximum Gasteiger partial charge on any atom is 0.191 e. The van der Waals surface area contributed by atoms with E-state index >= 15 is 0 Å². The van der Waals surface area contributed by atoms with Crippen molar-refractivity contribution >= 4 is 29.9 Å². The van der Waals surface area contributed by atoms with Gasteiger partial charge in [-0.25, -0.2) is 0 Å². The van der Waals surface area contributed by atoms with Crippen molar-refractivity contribution in [3.8, 4) is 0 Å². The van der Waals surface area contributed by atoms with E-state index in [1.54, 1.807) is 14.2 Å². The lowest BCUT2D eigenvalue weighted by molar-refractivity contribution is 0.0698. The molecule has 0 saturated carbocycles. The third-order valence-electron chi connectivity index (χ3n) is 4.86. The number of halogens is 1. The van der Waals surface area contributed by atoms with Crippen LogP contribution in [0.4, 0.5) is 0 Å². The fourth-order valence-corrected chi connectivity index (χ4v) is 3.13. The van der Waals surface area contributed by atoms with Crippen LogP contribution in [0, 0.1) is 0 Å². The van der Waals surface area contributed by atoms with Gasteiger partial charge in [-0.3, -0.25) is 9.89 Å². The Morgan fingerprint density at radius 1 is 1.10 bits per heavy atom. The Kier molecular flexibility index (Phi) is 14.3. The van der Waals surface area contributed by atoms with Gasteiger partial charge >= 0.3 is 0 Å². The zero-order valence-corrected chi connectivity index (χ0v) is 20.1. The minimum absolute atomic E-state index is 0. The third-order valence-corrected chi connectivity index (χ3v) is 4.86. The lowest BCUT2D eigenvalue weighted by atomic mass is 10.1. The van der Waals surface area contributed by atoms with Gasteiger partial charge in [-0.15, -0.1) is 24.0 Å². The molecule has 1 aliphatic heterocycles. The first-order valence-electron chi connectivity index (χ1n) is 10.2. The number of benzene rings is 1. The Morgan fingerprint density at radius 3 is 2.45 bits per heavy atom. The molecule has 1 heterocycles. The van der Waals surface area contributed by atoms with E-state index in [9.17, 15) is 5.11 Å². The molecule has 0 spiro atoms. The lowest BCUT2D eigenvalue weighted by Crippen LogP contribution is -2.37. The monoisotopic (exact) mass is 520 g/mol. The number of hydrogen-bond donors (Lipinski definition) is 3. The summed E-state index contributed by atoms with van der Waals surface area (Å²) < 4.78 is 10.4. The van der Waals surface area contributed by atoms with Gasteiger partial charge in [0.25, 0.3) is 0 Å². The summed E-state index contributed by atoms with van der Waals surface area (Å²) in [6.45, 7) is 6.45. The van der Waals surface area contributed by atoms with Gasteiger partial charge in [0.2, 0.25) is 0 Å². The Labute approximate surface area is 192 Å². The highest BCUT2D eigenvalue weighted by Crippen LogP contribution is 2.14. The molecule has 1 saturated heterocycles. The molecular weight excluding hydrogens is 483 g/mol. The molecule has 1 aromatic rings. The number of nitrogens with one attached hydrogen (secondary N) is 2. The third kappa shape index (κ3) is 11.1. The van der Waals surface area contributed by atoms with E-state index in [-0.39, 0.29) is 30.1 Å². The summed E-state index contributed by atoms with van der Waals surface area (Å²) >= 11 is 0. The van der Waals surface area contributed by atoms with E-state index in [2.05, 4.69) is 44.8 Å². The van der Waals surface area contributed by atoms with Crippen molar-refractivity contribution in [2.45, 2.75) is 38.5 Å². The molecule has 0 aromatic heterocycles. The number of ether oxygens (including phenoxy) is 2. The van der Waals surface area contributed by atoms with Crippen LogP contribution in [0.15, 0.2) is 29.3 Å². The van der Waals surface area contributed by atoms with Gasteiger partial charge in [-0.2, -0.15) is 0 Å². The largest absolute Gasteiger partial charge is 0.393 e. The van der Waals surface area contributed by atoms with Gasteiger partial charge in [0.1, 0.15) is 0 Å². The fraction of sp³-hybridized carbons (Fsp3) is 0.667. The second-order valence-corrected chi connectivity index (χ2v) is 7.14. The number of guanidine groups is 1. The molecule has 0 aliphatic carbocycles. The summed E-state index contributed by atoms with van der Waals surface area (Å²) in [5.74, 6) is 0.799. The van der Waals surface area contributed by atoms with E-state index in [0.29, 0.717) is 19.8 Å². The zero-order chi connectivity index (χ0) is 20.0. The number of aliphatic imine (C=N–C) groups is 1. The highest BCUT2D eigenvalue weighted by atomic mass is 127. The topological polar surface area (TPSA) is 78.4 Å². The van der Waals surface area contributed by atoms with Crippen LogP contribution in [0.25, 0.3) is 0 Å². The number of hydrogen-bond acceptors (Lipinski definition) is 5. The van der Waals surface area contributed by atoms with Crippen molar-refractivity contribution in [3.05, 3.63) is 35.4 Å². The van der Waals surface area contributed by atoms with Gasteiger partial charge in [-0.1, -0.05) is 24.3 Å². The van der Waals surface area contributed by atoms with Gasteiger partial charge < -0.3 is 25.2 Å². The molecule has 0 unspecified atom stereocenters. The summed E-state index contributed by atoms with van der Waals surface area (Å²) in [5.41, 5.74) is 2.54. The average molecular weight is 520 g/mol. The Bertz CT molecular complexity index is 564. The van der Waals surface area contributed by atoms with Crippen LogP contribution >= 0.6 is 24.0 Å². The van der Waals surface area contributed by atoms with E-state index in [1.165, 1.54) is 11.1 Å². The highest BCUT2D eigenvalue weighted by molar-refractivity contribution is 14.0. The number of piperidine rings is 1. The van der Waals surface area contributed by atoms with Crippen LogP contribution in [-0.4, -0.2) is 75.7 Å². The first-order chi connectivity index (χ1) is 13.7. The van der Waals surface area contributed by atoms with Crippen LogP contribution < -0.4 is 10.6 Å². The van der Waals surface area contributed by atoms with Gasteiger partial charge in [0.05, 0.1) is 19.3 Å². The van der Waals surface area contributed by atoms with Crippen molar-refractivity contribution in [1.82, 2.24) is 15.5 Å². The summed E-state index contributed by atoms with van der Waals surface area (Å²) in [7, 11) is 3.46. The molecule has 3 N–H and O–H groups in total. The second-order valence-electron chi connectivity index (χ2n) is 7.14. The first-order valence-corrected chi connectivity index (χ1v) is 10.2. The molecular formula is C21H37IN4O3. The SMILES string of the molecule is CN=C(NCCCOCCOC)NCc1ccc(CN2CCC(O)CC2)cc1.I. The molecule has 166 valence electrons. The molecule has 0 atom stereocenters. The van der Waals surface area contributed by atoms with Crippen LogP contribution in [0.3, 0.4) is 0 Å². The summed E-state index contributed by atoms with van der Waals surface area (Å²) in [6.07, 6.45) is 2.57. The van der Waals surface area contributed by atoms with Crippen molar-refractivity contribution in [2.75, 3.05) is 53.6 Å². The Hall–Kier alpha value is -0.940. The number of aliphatic hydroxyl groups is 1. The molecule has 1 aliphatic rings. The maximum atomic E-state index is 9.61. The predicted octanol–water partition coefficient (Wildman–Crippen LogP) is 1.98. The van der Waals surface area contributed by atoms with E-state index < -0.39 is 0 Å². The minimum Gasteiger partial charge on any atom is -0.393 e. The van der Waals surface area contributed by atoms with Crippen LogP contribution in [-0.2, 0) is 22.6 Å². The molecule has 2 rings (SSSR count). The average Bonchev–Trinajstić information content (AvgIpc) is 2.72. The van der Waals surface area contributed by atoms with E-state index in [1.807, 2.05) is 0 Å². The predicted molar refractivity (Wildman–Crippen MR) is 128 cm³/mol. The van der Waals surface area contributed by atoms with Crippen molar-refractivity contribution in [3.63, 3.8) is 0 Å². The quantitative estimate of drug-likeness (QED) is 0.179. The minimum atomic E-state index is -0.115. The number of nitrogens with zero attached hydrogens (tertiary/aromatic N) is 2. The summed E-state index contributed by atoms with van der Waals surface area (Å²) in [4.78, 5) is 6.67. The molecule has 1 fully saturated rings. The highest BCUT2D eigenvalue weighted by Gasteiger charge is 2.16. The first kappa shape index (κ1) is 26.1. The Morgan fingerprint density at radius 2 is 1.79 bits per heavy atom. The number of aliphatic hydroxyl groups excluding tert-OH is 1. The molecule has 0 radical (unpaired) electrons. The number of likely N-dealkylation sites (tertiary alicyclic amines) is 1. The van der Waals surface area contributed by atoms with Crippen molar-refractivity contribution < 1.29 is 14.6 Å². The zero-order valence-electron chi connectivity index (χ0n) is 17.7. The molecule has 0 amide bonds. The standard InChI is InChI=1S/C21H36N4O3.HI/c1-22-21(23-10-3-13-28-15-14-27-2)24-16-18-4-6-19(7-5-18)17-25-11-8-20(26)9-12-25;/h4-7,20,26H,3,8-17H2,1-2H3,(H2,22,23,24);1H. The van der Waals surface area contributed by atoms with Crippen LogP contribution in [0.5, 0.6) is 0 Å². The normalized spacial score (nSPS) is 15.8. The molecule has 0 bridgehead atoms. The van der Waals surface area contributed by atoms with Gasteiger partial charge in [0.15, 0.2) is 5.96 Å². The fourth-order valence-electron chi connectivity index (χ4n) is 3.13. The molecule has 8 heteroatoms. The smallest absolute Gasteiger partial charge is 0.191 e. The summed E-state index contributed by atoms with van der Waals surface area (Å²) in [6, 6.07) is 8.71. The number of rotatable bonds is 11. The molecule has 29 heavy (non-hydrogen) atoms. The number of methoxy groups -OCH3 is 1. The summed E-state index contributed by atoms with van der Waals surface area (Å²) in [5, 5.41) is 16.2. The Balaban J connectivity index is 0.00000420. The van der Waals surface area contributed by atoms with Gasteiger partial charge in [-0.05, 0) is 30.4 Å².